The van der Waals surface area contributed by atoms with Crippen LogP contribution in [0.2, 0.25) is 0 Å². The van der Waals surface area contributed by atoms with Crippen molar-refractivity contribution in [2.75, 3.05) is 19.7 Å². The second kappa shape index (κ2) is 6.68. The highest BCUT2D eigenvalue weighted by Gasteiger charge is 2.26. The number of benzene rings is 1. The van der Waals surface area contributed by atoms with Gasteiger partial charge in [0.25, 0.3) is 0 Å². The van der Waals surface area contributed by atoms with Crippen molar-refractivity contribution in [3.05, 3.63) is 35.9 Å². The summed E-state index contributed by atoms with van der Waals surface area (Å²) in [4.78, 5) is 14.1. The highest BCUT2D eigenvalue weighted by molar-refractivity contribution is 5.82. The number of hydrogen-bond donors (Lipinski definition) is 1. The van der Waals surface area contributed by atoms with Crippen LogP contribution in [0, 0.1) is 0 Å². The van der Waals surface area contributed by atoms with Gasteiger partial charge in [-0.1, -0.05) is 37.3 Å². The van der Waals surface area contributed by atoms with E-state index in [-0.39, 0.29) is 12.0 Å². The maximum Gasteiger partial charge on any atom is 0.239 e. The molecule has 4 heteroatoms. The van der Waals surface area contributed by atoms with Crippen LogP contribution in [0.5, 0.6) is 0 Å². The third kappa shape index (κ3) is 3.78. The van der Waals surface area contributed by atoms with Gasteiger partial charge < -0.3 is 15.4 Å². The molecule has 2 N–H and O–H groups in total. The molecule has 1 aromatic carbocycles. The Hall–Kier alpha value is -1.39. The van der Waals surface area contributed by atoms with Gasteiger partial charge in [0.1, 0.15) is 0 Å². The van der Waals surface area contributed by atoms with Crippen molar-refractivity contribution in [1.29, 1.82) is 0 Å². The molecular weight excluding hydrogens is 240 g/mol. The van der Waals surface area contributed by atoms with Crippen LogP contribution in [-0.2, 0) is 16.0 Å². The molecule has 1 aliphatic heterocycles. The number of carbonyl (C=O) groups excluding carboxylic acids is 1. The minimum absolute atomic E-state index is 0.0330. The lowest BCUT2D eigenvalue weighted by molar-refractivity contribution is -0.140. The Morgan fingerprint density at radius 1 is 1.47 bits per heavy atom. The van der Waals surface area contributed by atoms with E-state index in [0.717, 1.165) is 12.0 Å². The Morgan fingerprint density at radius 3 is 2.89 bits per heavy atom. The fourth-order valence-electron chi connectivity index (χ4n) is 2.36. The number of rotatable bonds is 4. The molecule has 0 radical (unpaired) electrons. The maximum atomic E-state index is 12.3. The third-order valence-electron chi connectivity index (χ3n) is 3.52. The lowest BCUT2D eigenvalue weighted by Crippen LogP contribution is -2.51. The molecule has 104 valence electrons. The zero-order valence-electron chi connectivity index (χ0n) is 11.4. The van der Waals surface area contributed by atoms with Crippen LogP contribution < -0.4 is 5.73 Å². The molecule has 0 bridgehead atoms. The van der Waals surface area contributed by atoms with E-state index in [9.17, 15) is 4.79 Å². The lowest BCUT2D eigenvalue weighted by Gasteiger charge is -2.34. The standard InChI is InChI=1S/C15H22N2O2/c1-2-13-11-17(8-9-19-13)15(18)14(16)10-12-6-4-3-5-7-12/h3-7,13-14H,2,8-11,16H2,1H3/t13?,14-/m0/s1. The number of nitrogens with zero attached hydrogens (tertiary/aromatic N) is 1. The first-order chi connectivity index (χ1) is 9.20. The van der Waals surface area contributed by atoms with E-state index >= 15 is 0 Å². The summed E-state index contributed by atoms with van der Waals surface area (Å²) in [6, 6.07) is 9.44. The normalized spacial score (nSPS) is 21.2. The fourth-order valence-corrected chi connectivity index (χ4v) is 2.36. The summed E-state index contributed by atoms with van der Waals surface area (Å²) in [6.07, 6.45) is 1.67. The summed E-state index contributed by atoms with van der Waals surface area (Å²) >= 11 is 0. The van der Waals surface area contributed by atoms with Crippen molar-refractivity contribution in [3.63, 3.8) is 0 Å². The summed E-state index contributed by atoms with van der Waals surface area (Å²) in [5.41, 5.74) is 7.14. The quantitative estimate of drug-likeness (QED) is 0.887. The van der Waals surface area contributed by atoms with Gasteiger partial charge in [-0.15, -0.1) is 0 Å². The van der Waals surface area contributed by atoms with Crippen LogP contribution in [0.4, 0.5) is 0 Å². The van der Waals surface area contributed by atoms with E-state index in [1.54, 1.807) is 0 Å². The fraction of sp³-hybridized carbons (Fsp3) is 0.533. The minimum Gasteiger partial charge on any atom is -0.375 e. The number of morpholine rings is 1. The Bertz CT molecular complexity index is 408. The van der Waals surface area contributed by atoms with Crippen LogP contribution in [-0.4, -0.2) is 42.6 Å². The number of carbonyl (C=O) groups is 1. The zero-order chi connectivity index (χ0) is 13.7. The molecule has 1 aromatic rings. The van der Waals surface area contributed by atoms with E-state index in [1.165, 1.54) is 0 Å². The first kappa shape index (κ1) is 14.0. The SMILES string of the molecule is CCC1CN(C(=O)[C@@H](N)Cc2ccccc2)CCO1. The Kier molecular flexibility index (Phi) is 4.93. The van der Waals surface area contributed by atoms with Gasteiger partial charge in [-0.3, -0.25) is 4.79 Å². The smallest absolute Gasteiger partial charge is 0.239 e. The van der Waals surface area contributed by atoms with E-state index in [1.807, 2.05) is 35.2 Å². The molecule has 1 aliphatic rings. The maximum absolute atomic E-state index is 12.3. The first-order valence-electron chi connectivity index (χ1n) is 6.90. The Morgan fingerprint density at radius 2 is 2.21 bits per heavy atom. The second-order valence-electron chi connectivity index (χ2n) is 4.98. The van der Waals surface area contributed by atoms with Gasteiger partial charge in [-0.25, -0.2) is 0 Å². The molecular formula is C15H22N2O2. The summed E-state index contributed by atoms with van der Waals surface area (Å²) in [6.45, 7) is 4.00. The zero-order valence-corrected chi connectivity index (χ0v) is 11.4. The molecule has 1 fully saturated rings. The van der Waals surface area contributed by atoms with E-state index in [4.69, 9.17) is 10.5 Å². The average Bonchev–Trinajstić information content (AvgIpc) is 2.47. The number of amides is 1. The molecule has 1 heterocycles. The largest absolute Gasteiger partial charge is 0.375 e. The average molecular weight is 262 g/mol. The van der Waals surface area contributed by atoms with Gasteiger partial charge in [0, 0.05) is 13.1 Å². The Labute approximate surface area is 114 Å². The number of nitrogens with two attached hydrogens (primary N) is 1. The van der Waals surface area contributed by atoms with Gasteiger partial charge in [-0.05, 0) is 18.4 Å². The molecule has 0 aliphatic carbocycles. The summed E-state index contributed by atoms with van der Waals surface area (Å²) in [5, 5.41) is 0. The summed E-state index contributed by atoms with van der Waals surface area (Å²) < 4.78 is 5.57. The molecule has 0 spiro atoms. The van der Waals surface area contributed by atoms with Crippen LogP contribution in [0.15, 0.2) is 30.3 Å². The summed E-state index contributed by atoms with van der Waals surface area (Å²) in [7, 11) is 0. The highest BCUT2D eigenvalue weighted by Crippen LogP contribution is 2.11. The van der Waals surface area contributed by atoms with Crippen LogP contribution in [0.3, 0.4) is 0 Å². The summed E-state index contributed by atoms with van der Waals surface area (Å²) in [5.74, 6) is 0.0330. The Balaban J connectivity index is 1.91. The molecule has 4 nitrogen and oxygen atoms in total. The minimum atomic E-state index is -0.460. The van der Waals surface area contributed by atoms with E-state index in [2.05, 4.69) is 6.92 Å². The van der Waals surface area contributed by atoms with Gasteiger partial charge in [-0.2, -0.15) is 0 Å². The topological polar surface area (TPSA) is 55.6 Å². The molecule has 2 rings (SSSR count). The van der Waals surface area contributed by atoms with Gasteiger partial charge in [0.05, 0.1) is 18.8 Å². The molecule has 19 heavy (non-hydrogen) atoms. The van der Waals surface area contributed by atoms with Crippen LogP contribution >= 0.6 is 0 Å². The van der Waals surface area contributed by atoms with Gasteiger partial charge >= 0.3 is 0 Å². The first-order valence-corrected chi connectivity index (χ1v) is 6.90. The van der Waals surface area contributed by atoms with Crippen LogP contribution in [0.1, 0.15) is 18.9 Å². The number of ether oxygens (including phenoxy) is 1. The molecule has 1 amide bonds. The number of hydrogen-bond acceptors (Lipinski definition) is 3. The van der Waals surface area contributed by atoms with Crippen molar-refractivity contribution < 1.29 is 9.53 Å². The van der Waals surface area contributed by atoms with Crippen molar-refractivity contribution in [2.24, 2.45) is 5.73 Å². The predicted molar refractivity (Wildman–Crippen MR) is 74.7 cm³/mol. The van der Waals surface area contributed by atoms with Crippen molar-refractivity contribution in [2.45, 2.75) is 31.9 Å². The predicted octanol–water partition coefficient (Wildman–Crippen LogP) is 1.19. The van der Waals surface area contributed by atoms with Gasteiger partial charge in [0.15, 0.2) is 0 Å². The monoisotopic (exact) mass is 262 g/mol. The van der Waals surface area contributed by atoms with E-state index in [0.29, 0.717) is 26.1 Å². The molecule has 2 atom stereocenters. The molecule has 0 saturated carbocycles. The molecule has 1 unspecified atom stereocenters. The van der Waals surface area contributed by atoms with E-state index < -0.39 is 6.04 Å². The molecule has 0 aromatic heterocycles. The van der Waals surface area contributed by atoms with Crippen molar-refractivity contribution in [3.8, 4) is 0 Å². The van der Waals surface area contributed by atoms with Gasteiger partial charge in [0.2, 0.25) is 5.91 Å². The highest BCUT2D eigenvalue weighted by atomic mass is 16.5. The second-order valence-corrected chi connectivity index (χ2v) is 4.98. The lowest BCUT2D eigenvalue weighted by atomic mass is 10.1. The molecule has 1 saturated heterocycles. The van der Waals surface area contributed by atoms with Crippen molar-refractivity contribution >= 4 is 5.91 Å². The van der Waals surface area contributed by atoms with Crippen molar-refractivity contribution in [1.82, 2.24) is 4.90 Å². The third-order valence-corrected chi connectivity index (χ3v) is 3.52. The van der Waals surface area contributed by atoms with Crippen LogP contribution in [0.25, 0.3) is 0 Å².